The lowest BCUT2D eigenvalue weighted by Crippen LogP contribution is -2.47. The summed E-state index contributed by atoms with van der Waals surface area (Å²) in [5, 5.41) is 21.7. The van der Waals surface area contributed by atoms with Gasteiger partial charge in [-0.15, -0.1) is 0 Å². The van der Waals surface area contributed by atoms with Crippen LogP contribution in [0.25, 0.3) is 0 Å². The van der Waals surface area contributed by atoms with Crippen molar-refractivity contribution in [3.05, 3.63) is 70.5 Å². The van der Waals surface area contributed by atoms with Crippen molar-refractivity contribution < 1.29 is 50.5 Å². The molecule has 0 aromatic heterocycles. The van der Waals surface area contributed by atoms with Crippen LogP contribution in [0.5, 0.6) is 0 Å². The van der Waals surface area contributed by atoms with Crippen molar-refractivity contribution in [1.29, 1.82) is 0 Å². The quantitative estimate of drug-likeness (QED) is 0.369. The Labute approximate surface area is 212 Å². The molecular weight excluding hydrogens is 525 g/mol. The summed E-state index contributed by atoms with van der Waals surface area (Å²) in [6.45, 7) is 0.0759. The Morgan fingerprint density at radius 1 is 0.947 bits per heavy atom. The third-order valence-corrected chi connectivity index (χ3v) is 6.78. The van der Waals surface area contributed by atoms with E-state index in [2.05, 4.69) is 5.32 Å². The molecule has 13 heteroatoms. The van der Waals surface area contributed by atoms with Gasteiger partial charge in [0, 0.05) is 23.2 Å². The van der Waals surface area contributed by atoms with Crippen molar-refractivity contribution in [1.82, 2.24) is 10.2 Å². The summed E-state index contributed by atoms with van der Waals surface area (Å²) < 4.78 is 92.6. The SMILES string of the molecule is O=C(N[C@@H](c1ccc(C(F)(F)F)cc1F)C1CC1)[C@H]1CCCN1C(=O)c1cccc(C(O)(O)C(F)(F)F)c1. The van der Waals surface area contributed by atoms with E-state index in [9.17, 15) is 50.5 Å². The van der Waals surface area contributed by atoms with Gasteiger partial charge in [-0.25, -0.2) is 4.39 Å². The molecule has 0 radical (unpaired) electrons. The van der Waals surface area contributed by atoms with Gasteiger partial charge in [-0.05, 0) is 55.9 Å². The molecule has 1 heterocycles. The maximum atomic E-state index is 14.7. The summed E-state index contributed by atoms with van der Waals surface area (Å²) in [5.74, 6) is -7.05. The Bertz CT molecular complexity index is 1220. The standard InChI is InChI=1S/C25H23F7N2O4/c26-18-12-16(24(27,28)29)8-9-17(18)20(13-6-7-13)33-21(35)19-5-2-10-34(19)22(36)14-3-1-4-15(11-14)23(37,38)25(30,31)32/h1,3-4,8-9,11-13,19-20,37-38H,2,5-7,10H2,(H,33,35)/t19-,20-/m1/s1. The monoisotopic (exact) mass is 548 g/mol. The molecule has 38 heavy (non-hydrogen) atoms. The number of aliphatic hydroxyl groups is 2. The van der Waals surface area contributed by atoms with Crippen molar-refractivity contribution in [2.24, 2.45) is 5.92 Å². The van der Waals surface area contributed by atoms with E-state index in [-0.39, 0.29) is 30.0 Å². The van der Waals surface area contributed by atoms with E-state index < -0.39 is 59.0 Å². The first kappa shape index (κ1) is 27.8. The van der Waals surface area contributed by atoms with E-state index in [1.54, 1.807) is 0 Å². The second kappa shape index (κ2) is 9.84. The van der Waals surface area contributed by atoms with Crippen molar-refractivity contribution in [3.63, 3.8) is 0 Å². The zero-order valence-electron chi connectivity index (χ0n) is 19.6. The van der Waals surface area contributed by atoms with Crippen molar-refractivity contribution in [2.75, 3.05) is 6.54 Å². The van der Waals surface area contributed by atoms with Crippen LogP contribution in [0.1, 0.15) is 58.8 Å². The third kappa shape index (κ3) is 5.48. The van der Waals surface area contributed by atoms with E-state index in [0.717, 1.165) is 35.2 Å². The Hall–Kier alpha value is -3.19. The molecule has 2 aromatic carbocycles. The number of amides is 2. The van der Waals surface area contributed by atoms with Crippen LogP contribution in [0.2, 0.25) is 0 Å². The fourth-order valence-electron chi connectivity index (χ4n) is 4.57. The normalized spacial score (nSPS) is 19.4. The van der Waals surface area contributed by atoms with E-state index in [1.165, 1.54) is 0 Å². The van der Waals surface area contributed by atoms with Crippen LogP contribution in [0.15, 0.2) is 42.5 Å². The molecule has 1 saturated carbocycles. The van der Waals surface area contributed by atoms with Crippen LogP contribution >= 0.6 is 0 Å². The van der Waals surface area contributed by atoms with Gasteiger partial charge in [0.2, 0.25) is 5.91 Å². The highest BCUT2D eigenvalue weighted by Crippen LogP contribution is 2.43. The van der Waals surface area contributed by atoms with Gasteiger partial charge in [-0.2, -0.15) is 26.3 Å². The number of benzene rings is 2. The van der Waals surface area contributed by atoms with Gasteiger partial charge in [-0.1, -0.05) is 18.2 Å². The molecule has 4 rings (SSSR count). The third-order valence-electron chi connectivity index (χ3n) is 6.78. The van der Waals surface area contributed by atoms with Crippen molar-refractivity contribution in [3.8, 4) is 0 Å². The summed E-state index contributed by atoms with van der Waals surface area (Å²) in [7, 11) is 0. The Morgan fingerprint density at radius 2 is 1.63 bits per heavy atom. The number of carbonyl (C=O) groups excluding carboxylic acids is 2. The van der Waals surface area contributed by atoms with Crippen molar-refractivity contribution in [2.45, 2.75) is 55.9 Å². The van der Waals surface area contributed by atoms with Crippen LogP contribution in [0, 0.1) is 11.7 Å². The molecule has 2 atom stereocenters. The minimum Gasteiger partial charge on any atom is -0.355 e. The molecule has 2 fully saturated rings. The average molecular weight is 548 g/mol. The predicted molar refractivity (Wildman–Crippen MR) is 118 cm³/mol. The zero-order chi connectivity index (χ0) is 28.0. The van der Waals surface area contributed by atoms with Gasteiger partial charge in [0.05, 0.1) is 11.6 Å². The summed E-state index contributed by atoms with van der Waals surface area (Å²) >= 11 is 0. The van der Waals surface area contributed by atoms with Gasteiger partial charge in [0.15, 0.2) is 0 Å². The maximum Gasteiger partial charge on any atom is 0.447 e. The highest BCUT2D eigenvalue weighted by Gasteiger charge is 2.54. The lowest BCUT2D eigenvalue weighted by atomic mass is 9.99. The molecule has 2 amide bonds. The number of rotatable bonds is 6. The smallest absolute Gasteiger partial charge is 0.355 e. The van der Waals surface area contributed by atoms with E-state index >= 15 is 0 Å². The molecule has 2 aromatic rings. The highest BCUT2D eigenvalue weighted by molar-refractivity contribution is 5.98. The van der Waals surface area contributed by atoms with Gasteiger partial charge in [-0.3, -0.25) is 9.59 Å². The second-order valence-electron chi connectivity index (χ2n) is 9.47. The number of carbonyl (C=O) groups is 2. The number of alkyl halides is 6. The number of hydrogen-bond donors (Lipinski definition) is 3. The molecule has 0 spiro atoms. The van der Waals surface area contributed by atoms with Gasteiger partial charge in [0.25, 0.3) is 11.7 Å². The summed E-state index contributed by atoms with van der Waals surface area (Å²) in [6.07, 6.45) is -8.40. The van der Waals surface area contributed by atoms with Crippen molar-refractivity contribution >= 4 is 11.8 Å². The minimum absolute atomic E-state index is 0.0759. The van der Waals surface area contributed by atoms with Crippen LogP contribution in [0.4, 0.5) is 30.7 Å². The molecule has 0 unspecified atom stereocenters. The summed E-state index contributed by atoms with van der Waals surface area (Å²) in [5.41, 5.74) is -2.59. The zero-order valence-corrected chi connectivity index (χ0v) is 19.6. The van der Waals surface area contributed by atoms with E-state index in [1.807, 2.05) is 0 Å². The average Bonchev–Trinajstić information content (AvgIpc) is 3.56. The summed E-state index contributed by atoms with van der Waals surface area (Å²) in [6, 6.07) is 3.72. The second-order valence-corrected chi connectivity index (χ2v) is 9.47. The molecule has 206 valence electrons. The first-order chi connectivity index (χ1) is 17.6. The summed E-state index contributed by atoms with van der Waals surface area (Å²) in [4.78, 5) is 27.4. The Kier molecular flexibility index (Phi) is 7.21. The fraction of sp³-hybridized carbons (Fsp3) is 0.440. The topological polar surface area (TPSA) is 89.9 Å². The van der Waals surface area contributed by atoms with E-state index in [4.69, 9.17) is 0 Å². The molecule has 1 saturated heterocycles. The minimum atomic E-state index is -5.43. The predicted octanol–water partition coefficient (Wildman–Crippen LogP) is 4.42. The number of nitrogens with one attached hydrogen (secondary N) is 1. The largest absolute Gasteiger partial charge is 0.447 e. The number of halogens is 7. The molecule has 1 aliphatic carbocycles. The first-order valence-corrected chi connectivity index (χ1v) is 11.7. The van der Waals surface area contributed by atoms with Gasteiger partial charge >= 0.3 is 12.4 Å². The number of hydrogen-bond acceptors (Lipinski definition) is 4. The molecule has 0 bridgehead atoms. The fourth-order valence-corrected chi connectivity index (χ4v) is 4.57. The Morgan fingerprint density at radius 3 is 2.21 bits per heavy atom. The Balaban J connectivity index is 1.54. The van der Waals surface area contributed by atoms with Gasteiger partial charge < -0.3 is 20.4 Å². The molecule has 3 N–H and O–H groups in total. The lowest BCUT2D eigenvalue weighted by Gasteiger charge is -2.28. The van der Waals surface area contributed by atoms with Crippen LogP contribution < -0.4 is 5.32 Å². The maximum absolute atomic E-state index is 14.7. The number of likely N-dealkylation sites (tertiary alicyclic amines) is 1. The first-order valence-electron chi connectivity index (χ1n) is 11.7. The van der Waals surface area contributed by atoms with Crippen LogP contribution in [0.3, 0.4) is 0 Å². The number of nitrogens with zero attached hydrogens (tertiary/aromatic N) is 1. The molecule has 1 aliphatic heterocycles. The molecule has 6 nitrogen and oxygen atoms in total. The highest BCUT2D eigenvalue weighted by atomic mass is 19.4. The molecular formula is C25H23F7N2O4. The van der Waals surface area contributed by atoms with Crippen LogP contribution in [-0.2, 0) is 16.8 Å². The lowest BCUT2D eigenvalue weighted by molar-refractivity contribution is -0.358. The van der Waals surface area contributed by atoms with E-state index in [0.29, 0.717) is 31.4 Å². The van der Waals surface area contributed by atoms with Gasteiger partial charge in [0.1, 0.15) is 11.9 Å². The van der Waals surface area contributed by atoms with Crippen LogP contribution in [-0.4, -0.2) is 45.7 Å². The molecule has 2 aliphatic rings.